The third-order valence-electron chi connectivity index (χ3n) is 4.83. The van der Waals surface area contributed by atoms with Gasteiger partial charge in [-0.1, -0.05) is 12.1 Å². The monoisotopic (exact) mass is 338 g/mol. The number of rotatable bonds is 2. The van der Waals surface area contributed by atoms with Crippen molar-refractivity contribution in [2.45, 2.75) is 31.8 Å². The molecule has 0 saturated heterocycles. The topological polar surface area (TPSA) is 47.9 Å². The Balaban J connectivity index is 1.65. The van der Waals surface area contributed by atoms with Gasteiger partial charge >= 0.3 is 0 Å². The summed E-state index contributed by atoms with van der Waals surface area (Å²) in [6.07, 6.45) is 4.96. The van der Waals surface area contributed by atoms with Crippen molar-refractivity contribution in [2.75, 3.05) is 13.7 Å². The van der Waals surface area contributed by atoms with E-state index in [-0.39, 0.29) is 17.3 Å². The van der Waals surface area contributed by atoms with Gasteiger partial charge in [-0.3, -0.25) is 0 Å². The maximum Gasteiger partial charge on any atom is 0.133 e. The number of phenolic OH excluding ortho intramolecular Hbond substituents is 1. The third-order valence-corrected chi connectivity index (χ3v) is 4.83. The van der Waals surface area contributed by atoms with Crippen LogP contribution in [0.3, 0.4) is 0 Å². The molecule has 4 nitrogen and oxygen atoms in total. The maximum atomic E-state index is 10.3. The fourth-order valence-corrected chi connectivity index (χ4v) is 3.51. The standard InChI is InChI=1S/C21H22O4/c1-21(2)9-8-17-19(25-21)7-4-13-10-14(12-24-20(13)17)16-6-5-15(23-3)11-18(16)22/h4-9,11,14,22H,10,12H2,1-3H3. The second-order valence-corrected chi connectivity index (χ2v) is 7.14. The van der Waals surface area contributed by atoms with Gasteiger partial charge in [0.05, 0.1) is 19.3 Å². The van der Waals surface area contributed by atoms with Crippen LogP contribution in [-0.2, 0) is 6.42 Å². The van der Waals surface area contributed by atoms with E-state index >= 15 is 0 Å². The first-order valence-electron chi connectivity index (χ1n) is 8.51. The number of fused-ring (bicyclic) bond motifs is 3. The molecule has 1 atom stereocenters. The molecule has 4 rings (SSSR count). The molecule has 130 valence electrons. The van der Waals surface area contributed by atoms with Crippen molar-refractivity contribution in [1.82, 2.24) is 0 Å². The number of ether oxygens (including phenoxy) is 3. The highest BCUT2D eigenvalue weighted by molar-refractivity contribution is 5.69. The van der Waals surface area contributed by atoms with Gasteiger partial charge in [-0.15, -0.1) is 0 Å². The number of phenols is 1. The summed E-state index contributed by atoms with van der Waals surface area (Å²) in [5.74, 6) is 2.77. The fraction of sp³-hybridized carbons (Fsp3) is 0.333. The molecule has 1 unspecified atom stereocenters. The number of methoxy groups -OCH3 is 1. The van der Waals surface area contributed by atoms with E-state index in [1.165, 1.54) is 0 Å². The minimum atomic E-state index is -0.298. The predicted octanol–water partition coefficient (Wildman–Crippen LogP) is 4.30. The highest BCUT2D eigenvalue weighted by atomic mass is 16.5. The van der Waals surface area contributed by atoms with Crippen molar-refractivity contribution >= 4 is 6.08 Å². The van der Waals surface area contributed by atoms with E-state index in [0.717, 1.165) is 34.6 Å². The van der Waals surface area contributed by atoms with E-state index in [1.54, 1.807) is 13.2 Å². The number of aromatic hydroxyl groups is 1. The van der Waals surface area contributed by atoms with Crippen LogP contribution < -0.4 is 14.2 Å². The van der Waals surface area contributed by atoms with E-state index in [2.05, 4.69) is 18.2 Å². The van der Waals surface area contributed by atoms with Crippen LogP contribution in [0.5, 0.6) is 23.0 Å². The molecule has 0 amide bonds. The number of hydrogen-bond donors (Lipinski definition) is 1. The second kappa shape index (κ2) is 5.73. The summed E-state index contributed by atoms with van der Waals surface area (Å²) in [5.41, 5.74) is 2.73. The maximum absolute atomic E-state index is 10.3. The quantitative estimate of drug-likeness (QED) is 0.887. The summed E-state index contributed by atoms with van der Waals surface area (Å²) in [6, 6.07) is 9.51. The van der Waals surface area contributed by atoms with E-state index in [0.29, 0.717) is 12.4 Å². The Hall–Kier alpha value is -2.62. The molecular formula is C21H22O4. The first-order chi connectivity index (χ1) is 12.0. The summed E-state index contributed by atoms with van der Waals surface area (Å²) in [5, 5.41) is 10.3. The van der Waals surface area contributed by atoms with Crippen molar-refractivity contribution in [2.24, 2.45) is 0 Å². The highest BCUT2D eigenvalue weighted by Gasteiger charge is 2.29. The summed E-state index contributed by atoms with van der Waals surface area (Å²) in [4.78, 5) is 0. The Morgan fingerprint density at radius 2 is 2.04 bits per heavy atom. The van der Waals surface area contributed by atoms with E-state index in [9.17, 15) is 5.11 Å². The van der Waals surface area contributed by atoms with Gasteiger partial charge in [-0.05, 0) is 50.1 Å². The van der Waals surface area contributed by atoms with Crippen molar-refractivity contribution in [3.8, 4) is 23.0 Å². The van der Waals surface area contributed by atoms with Crippen molar-refractivity contribution < 1.29 is 19.3 Å². The van der Waals surface area contributed by atoms with E-state index < -0.39 is 0 Å². The molecule has 0 spiro atoms. The molecule has 1 N–H and O–H groups in total. The van der Waals surface area contributed by atoms with Crippen LogP contribution in [0, 0.1) is 0 Å². The molecule has 25 heavy (non-hydrogen) atoms. The predicted molar refractivity (Wildman–Crippen MR) is 96.8 cm³/mol. The third kappa shape index (κ3) is 2.82. The molecule has 2 aromatic carbocycles. The Labute approximate surface area is 147 Å². The van der Waals surface area contributed by atoms with Crippen molar-refractivity contribution in [3.05, 3.63) is 53.1 Å². The Morgan fingerprint density at radius 3 is 2.80 bits per heavy atom. The van der Waals surface area contributed by atoms with Gasteiger partial charge in [0.2, 0.25) is 0 Å². The Morgan fingerprint density at radius 1 is 1.20 bits per heavy atom. The van der Waals surface area contributed by atoms with Crippen LogP contribution in [0.1, 0.15) is 36.5 Å². The van der Waals surface area contributed by atoms with Gasteiger partial charge in [-0.25, -0.2) is 0 Å². The fourth-order valence-electron chi connectivity index (χ4n) is 3.51. The van der Waals surface area contributed by atoms with Crippen LogP contribution in [0.15, 0.2) is 36.4 Å². The molecule has 0 aliphatic carbocycles. The normalized spacial score (nSPS) is 20.0. The largest absolute Gasteiger partial charge is 0.508 e. The van der Waals surface area contributed by atoms with Gasteiger partial charge in [-0.2, -0.15) is 0 Å². The lowest BCUT2D eigenvalue weighted by atomic mass is 9.88. The molecule has 2 heterocycles. The zero-order valence-corrected chi connectivity index (χ0v) is 14.7. The molecule has 0 aromatic heterocycles. The molecule has 2 aromatic rings. The Bertz CT molecular complexity index is 851. The second-order valence-electron chi connectivity index (χ2n) is 7.14. The molecule has 2 aliphatic rings. The molecule has 0 radical (unpaired) electrons. The van der Waals surface area contributed by atoms with Crippen LogP contribution >= 0.6 is 0 Å². The van der Waals surface area contributed by atoms with Crippen molar-refractivity contribution in [1.29, 1.82) is 0 Å². The Kier molecular flexibility index (Phi) is 3.64. The first-order valence-corrected chi connectivity index (χ1v) is 8.51. The van der Waals surface area contributed by atoms with E-state index in [1.807, 2.05) is 32.0 Å². The summed E-state index contributed by atoms with van der Waals surface area (Å²) >= 11 is 0. The lowest BCUT2D eigenvalue weighted by Crippen LogP contribution is -2.28. The van der Waals surface area contributed by atoms with Gasteiger partial charge in [0.25, 0.3) is 0 Å². The van der Waals surface area contributed by atoms with Gasteiger partial charge < -0.3 is 19.3 Å². The van der Waals surface area contributed by atoms with Crippen LogP contribution in [-0.4, -0.2) is 24.4 Å². The lowest BCUT2D eigenvalue weighted by Gasteiger charge is -2.32. The molecular weight excluding hydrogens is 316 g/mol. The average Bonchev–Trinajstić information content (AvgIpc) is 2.60. The van der Waals surface area contributed by atoms with Crippen molar-refractivity contribution in [3.63, 3.8) is 0 Å². The first kappa shape index (κ1) is 15.9. The molecule has 4 heteroatoms. The smallest absolute Gasteiger partial charge is 0.133 e. The number of hydrogen-bond acceptors (Lipinski definition) is 4. The lowest BCUT2D eigenvalue weighted by molar-refractivity contribution is 0.157. The minimum absolute atomic E-state index is 0.112. The van der Waals surface area contributed by atoms with Crippen LogP contribution in [0.2, 0.25) is 0 Å². The molecule has 0 saturated carbocycles. The van der Waals surface area contributed by atoms with Crippen LogP contribution in [0.25, 0.3) is 6.08 Å². The van der Waals surface area contributed by atoms with Gasteiger partial charge in [0.1, 0.15) is 28.6 Å². The van der Waals surface area contributed by atoms with E-state index in [4.69, 9.17) is 14.2 Å². The molecule has 2 aliphatic heterocycles. The SMILES string of the molecule is COc1ccc(C2COc3c(ccc4c3C=CC(C)(C)O4)C2)c(O)c1. The zero-order valence-electron chi connectivity index (χ0n) is 14.7. The summed E-state index contributed by atoms with van der Waals surface area (Å²) in [7, 11) is 1.59. The molecule has 0 bridgehead atoms. The highest BCUT2D eigenvalue weighted by Crippen LogP contribution is 2.44. The molecule has 0 fully saturated rings. The van der Waals surface area contributed by atoms with Gasteiger partial charge in [0, 0.05) is 17.5 Å². The zero-order chi connectivity index (χ0) is 17.6. The van der Waals surface area contributed by atoms with Crippen LogP contribution in [0.4, 0.5) is 0 Å². The minimum Gasteiger partial charge on any atom is -0.508 e. The summed E-state index contributed by atoms with van der Waals surface area (Å²) in [6.45, 7) is 4.60. The van der Waals surface area contributed by atoms with Gasteiger partial charge in [0.15, 0.2) is 0 Å². The average molecular weight is 338 g/mol. The summed E-state index contributed by atoms with van der Waals surface area (Å²) < 4.78 is 17.3. The number of benzene rings is 2.